The Bertz CT molecular complexity index is 1390. The molecule has 0 aromatic heterocycles. The fourth-order valence-corrected chi connectivity index (χ4v) is 7.22. The highest BCUT2D eigenvalue weighted by Gasteiger charge is 2.69. The first-order valence-electron chi connectivity index (χ1n) is 15.1. The zero-order valence-corrected chi connectivity index (χ0v) is 25.9. The molecule has 4 rings (SSSR count). The highest BCUT2D eigenvalue weighted by atomic mass is 16.3. The van der Waals surface area contributed by atoms with Crippen LogP contribution >= 0.6 is 0 Å². The summed E-state index contributed by atoms with van der Waals surface area (Å²) in [4.78, 5) is 82.9. The summed E-state index contributed by atoms with van der Waals surface area (Å²) in [6.45, 7) is 2.75. The molecule has 4 unspecified atom stereocenters. The van der Waals surface area contributed by atoms with E-state index in [1.807, 2.05) is 0 Å². The summed E-state index contributed by atoms with van der Waals surface area (Å²) in [5.41, 5.74) is 3.37. The first kappa shape index (κ1) is 33.2. The number of likely N-dealkylation sites (N-methyl/N-ethyl adjacent to an activating group) is 1. The number of unbranched alkanes of at least 4 members (excludes halogenated alkanes) is 3. The number of primary amides is 1. The van der Waals surface area contributed by atoms with Gasteiger partial charge in [-0.1, -0.05) is 26.2 Å². The van der Waals surface area contributed by atoms with E-state index in [4.69, 9.17) is 5.73 Å². The lowest BCUT2D eigenvalue weighted by Gasteiger charge is -2.52. The Morgan fingerprint density at radius 1 is 1.07 bits per heavy atom. The largest absolute Gasteiger partial charge is 0.505 e. The summed E-state index contributed by atoms with van der Waals surface area (Å²) < 4.78 is 0. The fraction of sp³-hybridized carbons (Fsp3) is 0.613. The molecular weight excluding hydrogens is 570 g/mol. The second kappa shape index (κ2) is 12.7. The predicted octanol–water partition coefficient (Wildman–Crippen LogP) is 0.0414. The molecule has 6 atom stereocenters. The smallest absolute Gasteiger partial charge is 0.238 e. The van der Waals surface area contributed by atoms with Gasteiger partial charge < -0.3 is 31.5 Å². The average Bonchev–Trinajstić information content (AvgIpc) is 2.93. The maximum Gasteiger partial charge on any atom is 0.238 e. The number of carbonyl (C=O) groups is 6. The molecule has 0 spiro atoms. The molecule has 3 aliphatic rings. The first-order valence-corrected chi connectivity index (χ1v) is 15.1. The normalized spacial score (nSPS) is 27.9. The molecule has 13 nitrogen and oxygen atoms in total. The molecule has 3 aliphatic carbocycles. The zero-order chi connectivity index (χ0) is 32.7. The summed E-state index contributed by atoms with van der Waals surface area (Å²) in [6, 6.07) is 0.395. The van der Waals surface area contributed by atoms with Crippen molar-refractivity contribution in [2.75, 3.05) is 51.5 Å². The molecule has 2 saturated carbocycles. The van der Waals surface area contributed by atoms with E-state index in [2.05, 4.69) is 17.6 Å². The number of nitrogens with one attached hydrogen (secondary N) is 2. The fourth-order valence-electron chi connectivity index (χ4n) is 7.22. The number of anilines is 2. The van der Waals surface area contributed by atoms with Gasteiger partial charge in [0.25, 0.3) is 0 Å². The van der Waals surface area contributed by atoms with Crippen molar-refractivity contribution in [3.63, 3.8) is 0 Å². The molecule has 1 aromatic rings. The Kier molecular flexibility index (Phi) is 9.62. The molecule has 13 heteroatoms. The van der Waals surface area contributed by atoms with E-state index in [9.17, 15) is 39.0 Å². The molecule has 44 heavy (non-hydrogen) atoms. The van der Waals surface area contributed by atoms with Gasteiger partial charge >= 0.3 is 0 Å². The van der Waals surface area contributed by atoms with Crippen molar-refractivity contribution in [3.8, 4) is 5.75 Å². The van der Waals surface area contributed by atoms with Gasteiger partial charge in [0.2, 0.25) is 11.8 Å². The summed E-state index contributed by atoms with van der Waals surface area (Å²) in [6.07, 6.45) is 4.25. The standard InChI is InChI=1S/C31H43N5O8/c1-6-7-8-9-10-33-14-20(37)34-18-13-19(35(2)3)16-11-15-12-17-24(36(4)5)27(40)23(30(32)43)29(42)31(17,44)28(41)21(15)26(39)22(16)25(18)38/h13,15,17,21,23-24,33,38,44H,6-12,14H2,1-5H3,(H2,32,43)(H,34,37)/t15?,17?,21?,23?,24-,31-/m0/s1. The SMILES string of the molecule is CCCCCCNCC(=O)Nc1cc(N(C)C)c2c(c1O)C(=O)C1C(=O)[C@]3(O)C(=O)C(C(N)=O)C(=O)[C@@H](N(C)C)C3CC1C2. The number of aromatic hydroxyl groups is 1. The molecule has 0 bridgehead atoms. The Morgan fingerprint density at radius 2 is 1.75 bits per heavy atom. The number of ketones is 4. The number of hydrogen-bond donors (Lipinski definition) is 5. The number of carbonyl (C=O) groups excluding carboxylic acids is 6. The van der Waals surface area contributed by atoms with Crippen LogP contribution < -0.4 is 21.3 Å². The van der Waals surface area contributed by atoms with Crippen molar-refractivity contribution in [2.24, 2.45) is 29.4 Å². The molecule has 1 aromatic carbocycles. The lowest BCUT2D eigenvalue weighted by atomic mass is 9.52. The molecule has 6 N–H and O–H groups in total. The van der Waals surface area contributed by atoms with Crippen LogP contribution in [0.1, 0.15) is 54.9 Å². The van der Waals surface area contributed by atoms with E-state index < -0.39 is 76.0 Å². The van der Waals surface area contributed by atoms with Crippen LogP contribution in [0.5, 0.6) is 5.75 Å². The highest BCUT2D eigenvalue weighted by Crippen LogP contribution is 2.52. The lowest BCUT2D eigenvalue weighted by molar-refractivity contribution is -0.181. The number of amides is 2. The Hall–Kier alpha value is -3.68. The van der Waals surface area contributed by atoms with E-state index in [1.165, 1.54) is 19.0 Å². The molecule has 240 valence electrons. The van der Waals surface area contributed by atoms with Gasteiger partial charge in [-0.15, -0.1) is 0 Å². The molecular formula is C31H43N5O8. The number of nitrogens with two attached hydrogens (primary N) is 1. The number of phenolic OH excluding ortho intramolecular Hbond substituents is 1. The van der Waals surface area contributed by atoms with Crippen LogP contribution in [0.3, 0.4) is 0 Å². The van der Waals surface area contributed by atoms with E-state index in [0.717, 1.165) is 25.7 Å². The highest BCUT2D eigenvalue weighted by molar-refractivity contribution is 6.32. The predicted molar refractivity (Wildman–Crippen MR) is 161 cm³/mol. The second-order valence-electron chi connectivity index (χ2n) is 12.6. The van der Waals surface area contributed by atoms with Crippen molar-refractivity contribution < 1.29 is 39.0 Å². The number of aliphatic hydroxyl groups is 1. The van der Waals surface area contributed by atoms with Crippen LogP contribution in [0.15, 0.2) is 6.07 Å². The zero-order valence-electron chi connectivity index (χ0n) is 25.9. The molecule has 2 fully saturated rings. The average molecular weight is 614 g/mol. The molecule has 0 radical (unpaired) electrons. The summed E-state index contributed by atoms with van der Waals surface area (Å²) in [5.74, 6) is -11.7. The summed E-state index contributed by atoms with van der Waals surface area (Å²) in [5, 5.41) is 28.8. The van der Waals surface area contributed by atoms with Gasteiger partial charge in [-0.3, -0.25) is 33.7 Å². The number of hydrogen-bond acceptors (Lipinski definition) is 11. The third-order valence-corrected chi connectivity index (χ3v) is 9.29. The minimum atomic E-state index is -2.80. The Labute approximate surface area is 256 Å². The quantitative estimate of drug-likeness (QED) is 0.128. The molecule has 0 heterocycles. The van der Waals surface area contributed by atoms with Gasteiger partial charge in [0, 0.05) is 25.7 Å². The van der Waals surface area contributed by atoms with Crippen molar-refractivity contribution in [1.29, 1.82) is 0 Å². The Balaban J connectivity index is 1.71. The first-order chi connectivity index (χ1) is 20.7. The molecule has 2 amide bonds. The van der Waals surface area contributed by atoms with Crippen LogP contribution in [-0.4, -0.2) is 103 Å². The monoisotopic (exact) mass is 613 g/mol. The van der Waals surface area contributed by atoms with Gasteiger partial charge in [-0.25, -0.2) is 0 Å². The maximum absolute atomic E-state index is 14.1. The molecule has 0 aliphatic heterocycles. The van der Waals surface area contributed by atoms with Crippen molar-refractivity contribution in [1.82, 2.24) is 10.2 Å². The van der Waals surface area contributed by atoms with Gasteiger partial charge in [-0.05, 0) is 57.5 Å². The van der Waals surface area contributed by atoms with Crippen molar-refractivity contribution >= 4 is 46.3 Å². The van der Waals surface area contributed by atoms with Crippen LogP contribution in [0.2, 0.25) is 0 Å². The van der Waals surface area contributed by atoms with Crippen LogP contribution in [-0.2, 0) is 30.4 Å². The van der Waals surface area contributed by atoms with Crippen molar-refractivity contribution in [3.05, 3.63) is 17.2 Å². The van der Waals surface area contributed by atoms with Crippen LogP contribution in [0.4, 0.5) is 11.4 Å². The topological polar surface area (TPSA) is 199 Å². The van der Waals surface area contributed by atoms with Gasteiger partial charge in [-0.2, -0.15) is 0 Å². The minimum Gasteiger partial charge on any atom is -0.505 e. The van der Waals surface area contributed by atoms with Gasteiger partial charge in [0.05, 0.1) is 29.8 Å². The Morgan fingerprint density at radius 3 is 2.34 bits per heavy atom. The number of Topliss-reactive ketones (excluding diaryl/α,β-unsaturated/α-hetero) is 4. The number of phenols is 1. The number of rotatable bonds is 11. The second-order valence-corrected chi connectivity index (χ2v) is 12.6. The van der Waals surface area contributed by atoms with E-state index in [0.29, 0.717) is 17.8 Å². The molecule has 0 saturated heterocycles. The van der Waals surface area contributed by atoms with Crippen LogP contribution in [0, 0.1) is 23.7 Å². The van der Waals surface area contributed by atoms with Crippen LogP contribution in [0.25, 0.3) is 0 Å². The number of benzene rings is 1. The summed E-state index contributed by atoms with van der Waals surface area (Å²) in [7, 11) is 6.55. The van der Waals surface area contributed by atoms with E-state index >= 15 is 0 Å². The van der Waals surface area contributed by atoms with Gasteiger partial charge in [0.1, 0.15) is 5.75 Å². The maximum atomic E-state index is 14.1. The van der Waals surface area contributed by atoms with E-state index in [1.54, 1.807) is 25.1 Å². The minimum absolute atomic E-state index is 0.0135. The van der Waals surface area contributed by atoms with Crippen molar-refractivity contribution in [2.45, 2.75) is 57.1 Å². The summed E-state index contributed by atoms with van der Waals surface area (Å²) >= 11 is 0. The number of fused-ring (bicyclic) bond motifs is 3. The number of nitrogens with zero attached hydrogens (tertiary/aromatic N) is 2. The third-order valence-electron chi connectivity index (χ3n) is 9.29. The van der Waals surface area contributed by atoms with E-state index in [-0.39, 0.29) is 30.6 Å². The van der Waals surface area contributed by atoms with Gasteiger partial charge in [0.15, 0.2) is 34.7 Å². The third kappa shape index (κ3) is 5.52. The lowest BCUT2D eigenvalue weighted by Crippen LogP contribution is -2.74.